The summed E-state index contributed by atoms with van der Waals surface area (Å²) in [5, 5.41) is 13.8. The van der Waals surface area contributed by atoms with Gasteiger partial charge in [-0.15, -0.1) is 0 Å². The number of H-pyrrole nitrogens is 1. The van der Waals surface area contributed by atoms with E-state index in [4.69, 9.17) is 0 Å². The van der Waals surface area contributed by atoms with E-state index in [0.717, 1.165) is 34.9 Å². The predicted molar refractivity (Wildman–Crippen MR) is 79.3 cm³/mol. The van der Waals surface area contributed by atoms with Crippen molar-refractivity contribution >= 4 is 32.7 Å². The van der Waals surface area contributed by atoms with Crippen LogP contribution in [0.1, 0.15) is 23.8 Å². The lowest BCUT2D eigenvalue weighted by molar-refractivity contribution is 0.0950. The van der Waals surface area contributed by atoms with Crippen molar-refractivity contribution in [3.8, 4) is 0 Å². The zero-order valence-corrected chi connectivity index (χ0v) is 12.4. The van der Waals surface area contributed by atoms with Crippen molar-refractivity contribution in [3.05, 3.63) is 28.4 Å². The van der Waals surface area contributed by atoms with Crippen LogP contribution in [0.25, 0.3) is 10.9 Å². The highest BCUT2D eigenvalue weighted by atomic mass is 79.9. The number of aromatic nitrogens is 2. The molecule has 0 saturated heterocycles. The maximum atomic E-state index is 12.0. The van der Waals surface area contributed by atoms with Crippen LogP contribution < -0.4 is 10.6 Å². The number of carbonyl (C=O) groups excluding carboxylic acids is 1. The summed E-state index contributed by atoms with van der Waals surface area (Å²) in [7, 11) is 0. The van der Waals surface area contributed by atoms with Crippen LogP contribution in [0, 0.1) is 0 Å². The first kappa shape index (κ1) is 14.0. The second-order valence-electron chi connectivity index (χ2n) is 4.27. The summed E-state index contributed by atoms with van der Waals surface area (Å²) >= 11 is 3.40. The van der Waals surface area contributed by atoms with E-state index < -0.39 is 0 Å². The highest BCUT2D eigenvalue weighted by molar-refractivity contribution is 9.10. The summed E-state index contributed by atoms with van der Waals surface area (Å²) in [5.74, 6) is -0.150. The normalized spacial score (nSPS) is 10.8. The third-order valence-corrected chi connectivity index (χ3v) is 3.25. The lowest BCUT2D eigenvalue weighted by Gasteiger charge is -2.04. The van der Waals surface area contributed by atoms with E-state index in [1.54, 1.807) is 0 Å². The summed E-state index contributed by atoms with van der Waals surface area (Å²) in [6.45, 7) is 4.44. The minimum absolute atomic E-state index is 0.150. The maximum absolute atomic E-state index is 12.0. The van der Waals surface area contributed by atoms with Gasteiger partial charge in [-0.05, 0) is 31.2 Å². The van der Waals surface area contributed by atoms with Crippen LogP contribution in [0.15, 0.2) is 22.7 Å². The van der Waals surface area contributed by atoms with Gasteiger partial charge in [0.1, 0.15) is 0 Å². The van der Waals surface area contributed by atoms with E-state index in [2.05, 4.69) is 43.7 Å². The van der Waals surface area contributed by atoms with Crippen LogP contribution in [-0.2, 0) is 0 Å². The molecule has 0 bridgehead atoms. The van der Waals surface area contributed by atoms with E-state index in [1.807, 2.05) is 18.2 Å². The van der Waals surface area contributed by atoms with Crippen molar-refractivity contribution in [1.82, 2.24) is 20.8 Å². The number of hydrogen-bond acceptors (Lipinski definition) is 3. The second-order valence-corrected chi connectivity index (χ2v) is 5.18. The topological polar surface area (TPSA) is 69.8 Å². The van der Waals surface area contributed by atoms with Gasteiger partial charge in [0.15, 0.2) is 5.69 Å². The smallest absolute Gasteiger partial charge is 0.272 e. The summed E-state index contributed by atoms with van der Waals surface area (Å²) < 4.78 is 0.931. The van der Waals surface area contributed by atoms with E-state index in [0.29, 0.717) is 12.2 Å². The number of hydrogen-bond donors (Lipinski definition) is 3. The zero-order valence-electron chi connectivity index (χ0n) is 10.8. The average molecular weight is 325 g/mol. The first-order valence-electron chi connectivity index (χ1n) is 6.35. The molecule has 0 unspecified atom stereocenters. The molecule has 0 aliphatic carbocycles. The summed E-state index contributed by atoms with van der Waals surface area (Å²) in [5.41, 5.74) is 1.30. The van der Waals surface area contributed by atoms with Crippen LogP contribution in [0.3, 0.4) is 0 Å². The molecule has 6 heteroatoms. The van der Waals surface area contributed by atoms with Gasteiger partial charge in [-0.2, -0.15) is 5.10 Å². The number of halogens is 1. The number of fused-ring (bicyclic) bond motifs is 1. The first-order valence-corrected chi connectivity index (χ1v) is 7.14. The molecule has 2 aromatic rings. The van der Waals surface area contributed by atoms with E-state index in [1.165, 1.54) is 0 Å². The van der Waals surface area contributed by atoms with Gasteiger partial charge in [-0.3, -0.25) is 9.89 Å². The van der Waals surface area contributed by atoms with Crippen molar-refractivity contribution in [3.63, 3.8) is 0 Å². The standard InChI is InChI=1S/C13H17BrN4O/c1-2-5-15-6-7-16-13(19)12-10-8-9(14)3-4-11(10)17-18-12/h3-4,8,15H,2,5-7H2,1H3,(H,16,19)(H,17,18). The molecule has 1 amide bonds. The Bertz CT molecular complexity index is 567. The van der Waals surface area contributed by atoms with Gasteiger partial charge in [0, 0.05) is 22.9 Å². The molecule has 0 radical (unpaired) electrons. The molecule has 0 atom stereocenters. The summed E-state index contributed by atoms with van der Waals surface area (Å²) in [6, 6.07) is 5.70. The molecule has 1 aromatic carbocycles. The molecule has 19 heavy (non-hydrogen) atoms. The maximum Gasteiger partial charge on any atom is 0.272 e. The van der Waals surface area contributed by atoms with Crippen molar-refractivity contribution in [2.45, 2.75) is 13.3 Å². The molecule has 0 spiro atoms. The van der Waals surface area contributed by atoms with Crippen LogP contribution >= 0.6 is 15.9 Å². The van der Waals surface area contributed by atoms with Gasteiger partial charge in [0.05, 0.1) is 5.52 Å². The molecule has 0 fully saturated rings. The molecular formula is C13H17BrN4O. The zero-order chi connectivity index (χ0) is 13.7. The number of aromatic amines is 1. The highest BCUT2D eigenvalue weighted by Crippen LogP contribution is 2.20. The van der Waals surface area contributed by atoms with E-state index in [9.17, 15) is 4.79 Å². The second kappa shape index (κ2) is 6.68. The molecule has 5 nitrogen and oxygen atoms in total. The van der Waals surface area contributed by atoms with Gasteiger partial charge in [0.2, 0.25) is 0 Å². The average Bonchev–Trinajstić information content (AvgIpc) is 2.81. The number of nitrogens with one attached hydrogen (secondary N) is 3. The van der Waals surface area contributed by atoms with Gasteiger partial charge < -0.3 is 10.6 Å². The number of carbonyl (C=O) groups is 1. The lowest BCUT2D eigenvalue weighted by Crippen LogP contribution is -2.32. The molecule has 0 saturated carbocycles. The summed E-state index contributed by atoms with van der Waals surface area (Å²) in [4.78, 5) is 12.0. The summed E-state index contributed by atoms with van der Waals surface area (Å²) in [6.07, 6.45) is 1.09. The molecule has 1 heterocycles. The molecule has 1 aromatic heterocycles. The first-order chi connectivity index (χ1) is 9.22. The molecule has 2 rings (SSSR count). The van der Waals surface area contributed by atoms with E-state index in [-0.39, 0.29) is 5.91 Å². The Morgan fingerprint density at radius 1 is 1.37 bits per heavy atom. The highest BCUT2D eigenvalue weighted by Gasteiger charge is 2.13. The fourth-order valence-corrected chi connectivity index (χ4v) is 2.17. The lowest BCUT2D eigenvalue weighted by atomic mass is 10.2. The van der Waals surface area contributed by atoms with Crippen molar-refractivity contribution in [1.29, 1.82) is 0 Å². The number of rotatable bonds is 6. The van der Waals surface area contributed by atoms with Crippen LogP contribution in [0.4, 0.5) is 0 Å². The Kier molecular flexibility index (Phi) is 4.93. The van der Waals surface area contributed by atoms with Gasteiger partial charge >= 0.3 is 0 Å². The van der Waals surface area contributed by atoms with Crippen molar-refractivity contribution in [2.75, 3.05) is 19.6 Å². The van der Waals surface area contributed by atoms with E-state index >= 15 is 0 Å². The number of amides is 1. The largest absolute Gasteiger partial charge is 0.349 e. The monoisotopic (exact) mass is 324 g/mol. The molecular weight excluding hydrogens is 308 g/mol. The number of benzene rings is 1. The molecule has 0 aliphatic heterocycles. The Morgan fingerprint density at radius 2 is 2.21 bits per heavy atom. The Morgan fingerprint density at radius 3 is 3.00 bits per heavy atom. The Hall–Kier alpha value is -1.40. The van der Waals surface area contributed by atoms with Crippen molar-refractivity contribution < 1.29 is 4.79 Å². The fraction of sp³-hybridized carbons (Fsp3) is 0.385. The molecule has 3 N–H and O–H groups in total. The predicted octanol–water partition coefficient (Wildman–Crippen LogP) is 2.05. The van der Waals surface area contributed by atoms with Crippen LogP contribution in [0.5, 0.6) is 0 Å². The minimum atomic E-state index is -0.150. The SMILES string of the molecule is CCCNCCNC(=O)c1n[nH]c2ccc(Br)cc12. The third kappa shape index (κ3) is 3.54. The van der Waals surface area contributed by atoms with Crippen LogP contribution in [0.2, 0.25) is 0 Å². The fourth-order valence-electron chi connectivity index (χ4n) is 1.81. The Labute approximate surface area is 120 Å². The third-order valence-electron chi connectivity index (χ3n) is 2.75. The van der Waals surface area contributed by atoms with Crippen molar-refractivity contribution in [2.24, 2.45) is 0 Å². The van der Waals surface area contributed by atoms with Crippen LogP contribution in [-0.4, -0.2) is 35.7 Å². The molecule has 0 aliphatic rings. The minimum Gasteiger partial charge on any atom is -0.349 e. The van der Waals surface area contributed by atoms with Gasteiger partial charge in [-0.25, -0.2) is 0 Å². The van der Waals surface area contributed by atoms with Gasteiger partial charge in [0.25, 0.3) is 5.91 Å². The quantitative estimate of drug-likeness (QED) is 0.712. The molecule has 102 valence electrons. The van der Waals surface area contributed by atoms with Gasteiger partial charge in [-0.1, -0.05) is 22.9 Å². The Balaban J connectivity index is 1.99. The number of nitrogens with zero attached hydrogens (tertiary/aromatic N) is 1.